The molecule has 17 heavy (non-hydrogen) atoms. The van der Waals surface area contributed by atoms with Crippen molar-refractivity contribution in [2.75, 3.05) is 25.7 Å². The molecule has 1 fully saturated rings. The van der Waals surface area contributed by atoms with E-state index in [4.69, 9.17) is 25.8 Å². The van der Waals surface area contributed by atoms with Crippen molar-refractivity contribution in [3.8, 4) is 11.5 Å². The topological polar surface area (TPSA) is 51.2 Å². The van der Waals surface area contributed by atoms with Gasteiger partial charge in [-0.25, -0.2) is 0 Å². The maximum absolute atomic E-state index is 9.23. The number of alkyl halides is 1. The van der Waals surface area contributed by atoms with Crippen LogP contribution in [0.15, 0.2) is 24.3 Å². The lowest BCUT2D eigenvalue weighted by atomic mass is 10.3. The molecule has 2 rings (SSSR count). The van der Waals surface area contributed by atoms with Crippen molar-refractivity contribution in [3.63, 3.8) is 0 Å². The van der Waals surface area contributed by atoms with Gasteiger partial charge in [-0.1, -0.05) is 0 Å². The van der Waals surface area contributed by atoms with E-state index < -0.39 is 6.10 Å². The number of ether oxygens (including phenoxy) is 3. The minimum atomic E-state index is -0.639. The summed E-state index contributed by atoms with van der Waals surface area (Å²) in [5.74, 6) is 1.64. The zero-order valence-electron chi connectivity index (χ0n) is 9.34. The third-order valence-corrected chi connectivity index (χ3v) is 2.64. The van der Waals surface area contributed by atoms with Gasteiger partial charge in [-0.3, -0.25) is 0 Å². The highest BCUT2D eigenvalue weighted by molar-refractivity contribution is 6.18. The van der Waals surface area contributed by atoms with Crippen molar-refractivity contribution >= 4 is 11.6 Å². The highest BCUT2D eigenvalue weighted by Crippen LogP contribution is 2.19. The first-order valence-corrected chi connectivity index (χ1v) is 6.02. The summed E-state index contributed by atoms with van der Waals surface area (Å²) in [5.41, 5.74) is 0. The van der Waals surface area contributed by atoms with Crippen molar-refractivity contribution < 1.29 is 19.3 Å². The summed E-state index contributed by atoms with van der Waals surface area (Å²) in [7, 11) is 0. The molecule has 0 radical (unpaired) electrons. The summed E-state index contributed by atoms with van der Waals surface area (Å²) in [6.45, 7) is 1.57. The second-order valence-corrected chi connectivity index (χ2v) is 4.17. The molecule has 0 saturated carbocycles. The number of benzene rings is 1. The lowest BCUT2D eigenvalue weighted by Crippen LogP contribution is -2.18. The maximum atomic E-state index is 9.23. The summed E-state index contributed by atoms with van der Waals surface area (Å²) in [6, 6.07) is 7.24. The third-order valence-electron chi connectivity index (χ3n) is 2.28. The minimum Gasteiger partial charge on any atom is -0.491 e. The molecule has 1 heterocycles. The predicted molar refractivity (Wildman–Crippen MR) is 63.9 cm³/mol. The van der Waals surface area contributed by atoms with Crippen LogP contribution in [-0.4, -0.2) is 43.0 Å². The first kappa shape index (κ1) is 12.5. The average molecular weight is 259 g/mol. The number of rotatable bonds is 7. The van der Waals surface area contributed by atoms with Gasteiger partial charge in [-0.2, -0.15) is 0 Å². The van der Waals surface area contributed by atoms with Gasteiger partial charge in [0.2, 0.25) is 0 Å². The lowest BCUT2D eigenvalue weighted by molar-refractivity contribution is 0.125. The Hall–Kier alpha value is -0.970. The molecule has 4 nitrogen and oxygen atoms in total. The smallest absolute Gasteiger partial charge is 0.119 e. The zero-order chi connectivity index (χ0) is 12.1. The van der Waals surface area contributed by atoms with Crippen molar-refractivity contribution in [2.45, 2.75) is 12.2 Å². The number of epoxide rings is 1. The summed E-state index contributed by atoms with van der Waals surface area (Å²) < 4.78 is 15.9. The fourth-order valence-electron chi connectivity index (χ4n) is 1.22. The Kier molecular flexibility index (Phi) is 4.48. The first-order chi connectivity index (χ1) is 8.28. The number of aliphatic hydroxyl groups excluding tert-OH is 1. The molecule has 0 spiro atoms. The highest BCUT2D eigenvalue weighted by Gasteiger charge is 2.22. The van der Waals surface area contributed by atoms with E-state index in [1.54, 1.807) is 12.1 Å². The fraction of sp³-hybridized carbons (Fsp3) is 0.500. The van der Waals surface area contributed by atoms with Gasteiger partial charge in [0.25, 0.3) is 0 Å². The Morgan fingerprint density at radius 2 is 1.88 bits per heavy atom. The monoisotopic (exact) mass is 258 g/mol. The summed E-state index contributed by atoms with van der Waals surface area (Å²) in [5, 5.41) is 9.23. The average Bonchev–Trinajstić information content (AvgIpc) is 3.18. The molecule has 0 aliphatic carbocycles. The number of halogens is 1. The molecule has 1 aliphatic heterocycles. The van der Waals surface area contributed by atoms with Crippen LogP contribution in [0.5, 0.6) is 11.5 Å². The van der Waals surface area contributed by atoms with Crippen molar-refractivity contribution in [1.82, 2.24) is 0 Å². The van der Waals surface area contributed by atoms with Crippen LogP contribution in [0.2, 0.25) is 0 Å². The molecule has 2 atom stereocenters. The highest BCUT2D eigenvalue weighted by atomic mass is 35.5. The van der Waals surface area contributed by atoms with Crippen LogP contribution >= 0.6 is 11.6 Å². The molecule has 1 aliphatic rings. The minimum absolute atomic E-state index is 0.169. The van der Waals surface area contributed by atoms with Crippen LogP contribution in [0.25, 0.3) is 0 Å². The Balaban J connectivity index is 1.75. The van der Waals surface area contributed by atoms with Gasteiger partial charge in [0.15, 0.2) is 0 Å². The quantitative estimate of drug-likeness (QED) is 0.594. The Bertz CT molecular complexity index is 337. The van der Waals surface area contributed by atoms with Gasteiger partial charge in [0.05, 0.1) is 12.5 Å². The molecule has 1 aromatic carbocycles. The number of hydrogen-bond acceptors (Lipinski definition) is 4. The van der Waals surface area contributed by atoms with E-state index in [1.807, 2.05) is 12.1 Å². The molecule has 1 N–H and O–H groups in total. The fourth-order valence-corrected chi connectivity index (χ4v) is 1.31. The summed E-state index contributed by atoms with van der Waals surface area (Å²) in [6.07, 6.45) is -0.385. The molecule has 0 aromatic heterocycles. The second-order valence-electron chi connectivity index (χ2n) is 3.86. The van der Waals surface area contributed by atoms with Crippen molar-refractivity contribution in [1.29, 1.82) is 0 Å². The Morgan fingerprint density at radius 3 is 2.41 bits per heavy atom. The van der Waals surface area contributed by atoms with E-state index in [-0.39, 0.29) is 18.6 Å². The molecular weight excluding hydrogens is 244 g/mol. The van der Waals surface area contributed by atoms with Gasteiger partial charge < -0.3 is 19.3 Å². The standard InChI is InChI=1S/C12H15ClO4/c13-5-9(14)6-15-10-1-3-11(4-2-10)16-7-12-8-17-12/h1-4,9,12,14H,5-8H2. The van der Waals surface area contributed by atoms with Crippen LogP contribution in [0.1, 0.15) is 0 Å². The van der Waals surface area contributed by atoms with Crippen molar-refractivity contribution in [2.24, 2.45) is 0 Å². The van der Waals surface area contributed by atoms with E-state index in [0.717, 1.165) is 12.4 Å². The van der Waals surface area contributed by atoms with Crippen LogP contribution in [0.4, 0.5) is 0 Å². The molecule has 2 unspecified atom stereocenters. The summed E-state index contributed by atoms with van der Waals surface area (Å²) >= 11 is 5.46. The maximum Gasteiger partial charge on any atom is 0.119 e. The van der Waals surface area contributed by atoms with E-state index in [0.29, 0.717) is 12.4 Å². The molecule has 5 heteroatoms. The van der Waals surface area contributed by atoms with Gasteiger partial charge in [0, 0.05) is 0 Å². The Labute approximate surface area is 105 Å². The zero-order valence-corrected chi connectivity index (χ0v) is 10.1. The normalized spacial score (nSPS) is 19.8. The van der Waals surface area contributed by atoms with E-state index in [9.17, 15) is 5.11 Å². The van der Waals surface area contributed by atoms with E-state index in [1.165, 1.54) is 0 Å². The third kappa shape index (κ3) is 4.42. The SMILES string of the molecule is OC(CCl)COc1ccc(OCC2CO2)cc1. The molecule has 0 bridgehead atoms. The van der Waals surface area contributed by atoms with Crippen LogP contribution in [-0.2, 0) is 4.74 Å². The predicted octanol–water partition coefficient (Wildman–Crippen LogP) is 1.44. The van der Waals surface area contributed by atoms with E-state index in [2.05, 4.69) is 0 Å². The van der Waals surface area contributed by atoms with Gasteiger partial charge in [0.1, 0.15) is 36.9 Å². The van der Waals surface area contributed by atoms with E-state index >= 15 is 0 Å². The lowest BCUT2D eigenvalue weighted by Gasteiger charge is -2.10. The van der Waals surface area contributed by atoms with Crippen molar-refractivity contribution in [3.05, 3.63) is 24.3 Å². The van der Waals surface area contributed by atoms with Gasteiger partial charge in [-0.15, -0.1) is 11.6 Å². The summed E-state index contributed by atoms with van der Waals surface area (Å²) in [4.78, 5) is 0. The molecular formula is C12H15ClO4. The Morgan fingerprint density at radius 1 is 1.29 bits per heavy atom. The second kappa shape index (κ2) is 6.10. The largest absolute Gasteiger partial charge is 0.491 e. The number of hydrogen-bond donors (Lipinski definition) is 1. The molecule has 1 saturated heterocycles. The molecule has 94 valence electrons. The van der Waals surface area contributed by atoms with Crippen LogP contribution < -0.4 is 9.47 Å². The van der Waals surface area contributed by atoms with Crippen LogP contribution in [0, 0.1) is 0 Å². The van der Waals surface area contributed by atoms with Gasteiger partial charge in [-0.05, 0) is 24.3 Å². The number of aliphatic hydroxyl groups is 1. The molecule has 1 aromatic rings. The first-order valence-electron chi connectivity index (χ1n) is 5.49. The molecule has 0 amide bonds. The van der Waals surface area contributed by atoms with Gasteiger partial charge >= 0.3 is 0 Å². The van der Waals surface area contributed by atoms with Crippen LogP contribution in [0.3, 0.4) is 0 Å².